The summed E-state index contributed by atoms with van der Waals surface area (Å²) in [6.07, 6.45) is 3.30. The normalized spacial score (nSPS) is 23.3. The highest BCUT2D eigenvalue weighted by molar-refractivity contribution is 6.00. The third-order valence-corrected chi connectivity index (χ3v) is 5.37. The number of nitrogens with one attached hydrogen (secondary N) is 1. The first-order valence-corrected chi connectivity index (χ1v) is 9.70. The molecule has 2 fully saturated rings. The summed E-state index contributed by atoms with van der Waals surface area (Å²) in [5, 5.41) is 2.66. The van der Waals surface area contributed by atoms with E-state index in [1.807, 2.05) is 6.92 Å². The van der Waals surface area contributed by atoms with Gasteiger partial charge in [0.1, 0.15) is 12.1 Å². The zero-order valence-electron chi connectivity index (χ0n) is 16.6. The van der Waals surface area contributed by atoms with Gasteiger partial charge in [-0.3, -0.25) is 24.0 Å². The summed E-state index contributed by atoms with van der Waals surface area (Å²) in [7, 11) is 0. The summed E-state index contributed by atoms with van der Waals surface area (Å²) in [6.45, 7) is 5.21. The zero-order valence-corrected chi connectivity index (χ0v) is 16.6. The lowest BCUT2D eigenvalue weighted by molar-refractivity contribution is -0.137. The number of Topliss-reactive ketones (excluding diaryl/α,β-unsaturated/α-hetero) is 1. The van der Waals surface area contributed by atoms with Crippen molar-refractivity contribution in [1.82, 2.24) is 15.1 Å². The molecule has 0 aromatic carbocycles. The van der Waals surface area contributed by atoms with Crippen LogP contribution in [0.15, 0.2) is 0 Å². The van der Waals surface area contributed by atoms with Crippen LogP contribution >= 0.6 is 0 Å². The Bertz CT molecular complexity index is 665. The number of primary amides is 1. The number of nitrogens with two attached hydrogens (primary N) is 1. The maximum atomic E-state index is 12.9. The topological polar surface area (TPSA) is 130 Å². The first-order valence-electron chi connectivity index (χ1n) is 9.70. The predicted molar refractivity (Wildman–Crippen MR) is 100 cm³/mol. The maximum Gasteiger partial charge on any atom is 0.245 e. The van der Waals surface area contributed by atoms with E-state index in [9.17, 15) is 24.0 Å². The fraction of sp³-hybridized carbons (Fsp3) is 0.684. The Morgan fingerprint density at radius 3 is 2.54 bits per heavy atom. The number of amides is 4. The van der Waals surface area contributed by atoms with Crippen LogP contribution in [0.2, 0.25) is 0 Å². The van der Waals surface area contributed by atoms with Gasteiger partial charge >= 0.3 is 0 Å². The highest BCUT2D eigenvalue weighted by Crippen LogP contribution is 2.31. The molecule has 2 saturated heterocycles. The number of carbonyl (C=O) groups excluding carboxylic acids is 5. The molecule has 2 aliphatic rings. The largest absolute Gasteiger partial charge is 0.369 e. The van der Waals surface area contributed by atoms with Crippen molar-refractivity contribution in [3.05, 3.63) is 6.42 Å². The minimum atomic E-state index is -0.670. The van der Waals surface area contributed by atoms with Crippen LogP contribution < -0.4 is 11.1 Å². The van der Waals surface area contributed by atoms with Gasteiger partial charge in [-0.05, 0) is 19.3 Å². The molecule has 2 heterocycles. The third kappa shape index (κ3) is 4.69. The van der Waals surface area contributed by atoms with Crippen LogP contribution in [0.1, 0.15) is 46.5 Å². The Morgan fingerprint density at radius 2 is 1.96 bits per heavy atom. The van der Waals surface area contributed by atoms with Crippen LogP contribution in [0.25, 0.3) is 0 Å². The summed E-state index contributed by atoms with van der Waals surface area (Å²) in [4.78, 5) is 63.5. The standard InChI is InChI=1S/C19H29N4O5/c1-4-5-13(21-12(3)24)19(28)23-10-15(25)17-14(23)8-9-22(17)16(26)7-6-11(2)18(20)27/h7,11,13-14,17H,4-6,8-10H2,1-3H3,(H2,20,27)(H,21,24). The second-order valence-electron chi connectivity index (χ2n) is 7.55. The molecular weight excluding hydrogens is 364 g/mol. The molecule has 0 aromatic rings. The minimum absolute atomic E-state index is 0.0601. The quantitative estimate of drug-likeness (QED) is 0.568. The van der Waals surface area contributed by atoms with Gasteiger partial charge in [-0.2, -0.15) is 0 Å². The molecule has 4 atom stereocenters. The summed E-state index contributed by atoms with van der Waals surface area (Å²) >= 11 is 0. The molecule has 0 aliphatic carbocycles. The molecule has 4 amide bonds. The van der Waals surface area contributed by atoms with Crippen LogP contribution in [-0.2, 0) is 24.0 Å². The van der Waals surface area contributed by atoms with E-state index in [4.69, 9.17) is 5.73 Å². The number of nitrogens with zero attached hydrogens (tertiary/aromatic N) is 2. The fourth-order valence-electron chi connectivity index (χ4n) is 3.86. The minimum Gasteiger partial charge on any atom is -0.369 e. The average molecular weight is 393 g/mol. The molecule has 1 radical (unpaired) electrons. The van der Waals surface area contributed by atoms with Gasteiger partial charge in [0.2, 0.25) is 23.6 Å². The van der Waals surface area contributed by atoms with Crippen molar-refractivity contribution >= 4 is 29.4 Å². The Hall–Kier alpha value is -2.45. The average Bonchev–Trinajstić information content (AvgIpc) is 3.19. The highest BCUT2D eigenvalue weighted by atomic mass is 16.2. The molecule has 0 aromatic heterocycles. The van der Waals surface area contributed by atoms with E-state index in [-0.39, 0.29) is 42.5 Å². The second-order valence-corrected chi connectivity index (χ2v) is 7.55. The van der Waals surface area contributed by atoms with Gasteiger partial charge in [0, 0.05) is 19.4 Å². The van der Waals surface area contributed by atoms with Gasteiger partial charge in [0.25, 0.3) is 0 Å². The van der Waals surface area contributed by atoms with E-state index in [2.05, 4.69) is 5.32 Å². The zero-order chi connectivity index (χ0) is 21.0. The second kappa shape index (κ2) is 9.16. The van der Waals surface area contributed by atoms with Crippen molar-refractivity contribution in [3.63, 3.8) is 0 Å². The molecule has 2 aliphatic heterocycles. The van der Waals surface area contributed by atoms with Crippen molar-refractivity contribution in [2.45, 2.75) is 64.6 Å². The van der Waals surface area contributed by atoms with Crippen molar-refractivity contribution < 1.29 is 24.0 Å². The first-order chi connectivity index (χ1) is 13.2. The number of likely N-dealkylation sites (tertiary alicyclic amines) is 2. The Morgan fingerprint density at radius 1 is 1.29 bits per heavy atom. The Balaban J connectivity index is 2.06. The molecule has 0 bridgehead atoms. The molecule has 9 heteroatoms. The van der Waals surface area contributed by atoms with Crippen LogP contribution in [0.5, 0.6) is 0 Å². The van der Waals surface area contributed by atoms with E-state index in [0.717, 1.165) is 0 Å². The van der Waals surface area contributed by atoms with Crippen LogP contribution in [0, 0.1) is 12.3 Å². The number of rotatable bonds is 8. The van der Waals surface area contributed by atoms with Gasteiger partial charge in [-0.15, -0.1) is 0 Å². The number of hydrogen-bond acceptors (Lipinski definition) is 5. The molecule has 2 rings (SSSR count). The lowest BCUT2D eigenvalue weighted by Crippen LogP contribution is -2.50. The lowest BCUT2D eigenvalue weighted by atomic mass is 10.0. The van der Waals surface area contributed by atoms with Crippen molar-refractivity contribution in [3.8, 4) is 0 Å². The number of hydrogen-bond donors (Lipinski definition) is 2. The molecule has 3 N–H and O–H groups in total. The highest BCUT2D eigenvalue weighted by Gasteiger charge is 2.51. The number of fused-ring (bicyclic) bond motifs is 1. The van der Waals surface area contributed by atoms with E-state index >= 15 is 0 Å². The van der Waals surface area contributed by atoms with E-state index in [1.54, 1.807) is 6.92 Å². The van der Waals surface area contributed by atoms with Crippen molar-refractivity contribution in [2.24, 2.45) is 11.7 Å². The molecule has 155 valence electrons. The van der Waals surface area contributed by atoms with Crippen molar-refractivity contribution in [1.29, 1.82) is 0 Å². The van der Waals surface area contributed by atoms with Gasteiger partial charge in [-0.1, -0.05) is 20.3 Å². The molecule has 9 nitrogen and oxygen atoms in total. The molecular formula is C19H29N4O5. The SMILES string of the molecule is CCCC(NC(C)=O)C(=O)N1CC(=O)C2C1CCN2C(=O)[CH]CC(C)C(N)=O. The van der Waals surface area contributed by atoms with Gasteiger partial charge in [-0.25, -0.2) is 0 Å². The molecule has 4 unspecified atom stereocenters. The van der Waals surface area contributed by atoms with Gasteiger partial charge in [0.05, 0.1) is 19.0 Å². The summed E-state index contributed by atoms with van der Waals surface area (Å²) in [5.41, 5.74) is 5.21. The Kier molecular flexibility index (Phi) is 7.15. The molecule has 28 heavy (non-hydrogen) atoms. The number of ketones is 1. The smallest absolute Gasteiger partial charge is 0.245 e. The summed E-state index contributed by atoms with van der Waals surface area (Å²) in [5.74, 6) is -2.04. The predicted octanol–water partition coefficient (Wildman–Crippen LogP) is -0.612. The van der Waals surface area contributed by atoms with Gasteiger partial charge in [0.15, 0.2) is 5.78 Å². The Labute approximate surface area is 165 Å². The number of carbonyl (C=O) groups is 5. The van der Waals surface area contributed by atoms with Gasteiger partial charge < -0.3 is 20.9 Å². The van der Waals surface area contributed by atoms with E-state index in [1.165, 1.54) is 23.1 Å². The summed E-state index contributed by atoms with van der Waals surface area (Å²) < 4.78 is 0. The van der Waals surface area contributed by atoms with Crippen LogP contribution in [-0.4, -0.2) is 70.4 Å². The first kappa shape index (κ1) is 21.8. The van der Waals surface area contributed by atoms with E-state index in [0.29, 0.717) is 25.8 Å². The van der Waals surface area contributed by atoms with Crippen LogP contribution in [0.3, 0.4) is 0 Å². The third-order valence-electron chi connectivity index (χ3n) is 5.37. The molecule has 0 spiro atoms. The monoisotopic (exact) mass is 393 g/mol. The van der Waals surface area contributed by atoms with Crippen LogP contribution in [0.4, 0.5) is 0 Å². The summed E-state index contributed by atoms with van der Waals surface area (Å²) in [6, 6.07) is -1.71. The van der Waals surface area contributed by atoms with E-state index < -0.39 is 23.9 Å². The lowest BCUT2D eigenvalue weighted by Gasteiger charge is -2.28. The van der Waals surface area contributed by atoms with Crippen molar-refractivity contribution in [2.75, 3.05) is 13.1 Å². The fourth-order valence-corrected chi connectivity index (χ4v) is 3.86. The molecule has 0 saturated carbocycles. The maximum absolute atomic E-state index is 12.9.